The maximum absolute atomic E-state index is 5.86. The largest absolute Gasteiger partial charge is 0.341 e. The first-order valence-electron chi connectivity index (χ1n) is 7.74. The van der Waals surface area contributed by atoms with Crippen LogP contribution in [-0.2, 0) is 12.8 Å². The SMILES string of the molecule is NCC1=CCCc2cc(N3CCc4ccccc43)ccc21. The van der Waals surface area contributed by atoms with Crippen LogP contribution in [0.3, 0.4) is 0 Å². The summed E-state index contributed by atoms with van der Waals surface area (Å²) in [4.78, 5) is 2.44. The highest BCUT2D eigenvalue weighted by Crippen LogP contribution is 2.36. The summed E-state index contributed by atoms with van der Waals surface area (Å²) in [5.41, 5.74) is 14.1. The molecule has 0 unspecified atom stereocenters. The van der Waals surface area contributed by atoms with Crippen LogP contribution in [0.15, 0.2) is 48.5 Å². The number of hydrogen-bond acceptors (Lipinski definition) is 2. The van der Waals surface area contributed by atoms with Crippen molar-refractivity contribution in [3.05, 3.63) is 65.2 Å². The first kappa shape index (κ1) is 12.7. The zero-order valence-electron chi connectivity index (χ0n) is 12.2. The Balaban J connectivity index is 1.74. The Labute approximate surface area is 125 Å². The van der Waals surface area contributed by atoms with E-state index < -0.39 is 0 Å². The summed E-state index contributed by atoms with van der Waals surface area (Å²) in [7, 11) is 0. The van der Waals surface area contributed by atoms with Gasteiger partial charge in [0, 0.05) is 24.5 Å². The molecule has 0 saturated heterocycles. The number of anilines is 2. The third-order valence-electron chi connectivity index (χ3n) is 4.66. The van der Waals surface area contributed by atoms with Crippen LogP contribution >= 0.6 is 0 Å². The van der Waals surface area contributed by atoms with Crippen molar-refractivity contribution in [3.8, 4) is 0 Å². The van der Waals surface area contributed by atoms with Crippen LogP contribution in [0.4, 0.5) is 11.4 Å². The Bertz CT molecular complexity index is 715. The van der Waals surface area contributed by atoms with Crippen LogP contribution in [0.1, 0.15) is 23.1 Å². The van der Waals surface area contributed by atoms with Gasteiger partial charge in [-0.25, -0.2) is 0 Å². The van der Waals surface area contributed by atoms with Crippen molar-refractivity contribution in [3.63, 3.8) is 0 Å². The maximum Gasteiger partial charge on any atom is 0.0444 e. The molecule has 0 spiro atoms. The van der Waals surface area contributed by atoms with E-state index in [-0.39, 0.29) is 0 Å². The van der Waals surface area contributed by atoms with E-state index in [0.717, 1.165) is 25.8 Å². The third kappa shape index (κ3) is 2.07. The molecule has 2 aromatic rings. The van der Waals surface area contributed by atoms with Gasteiger partial charge in [0.15, 0.2) is 0 Å². The summed E-state index contributed by atoms with van der Waals surface area (Å²) in [6, 6.07) is 15.6. The van der Waals surface area contributed by atoms with Gasteiger partial charge < -0.3 is 10.6 Å². The molecule has 2 heteroatoms. The average molecular weight is 276 g/mol. The molecule has 2 aromatic carbocycles. The van der Waals surface area contributed by atoms with E-state index in [1.807, 2.05) is 0 Å². The smallest absolute Gasteiger partial charge is 0.0444 e. The summed E-state index contributed by atoms with van der Waals surface area (Å²) < 4.78 is 0. The standard InChI is InChI=1S/C19H20N2/c20-13-16-6-3-5-15-12-17(8-9-18(15)16)21-11-10-14-4-1-2-7-19(14)21/h1-2,4,6-9,12H,3,5,10-11,13,20H2. The minimum absolute atomic E-state index is 0.638. The number of benzene rings is 2. The first-order valence-corrected chi connectivity index (χ1v) is 7.74. The summed E-state index contributed by atoms with van der Waals surface area (Å²) in [6.07, 6.45) is 5.66. The number of hydrogen-bond donors (Lipinski definition) is 1. The van der Waals surface area contributed by atoms with Crippen LogP contribution in [0.25, 0.3) is 5.57 Å². The molecule has 2 N–H and O–H groups in total. The highest BCUT2D eigenvalue weighted by Gasteiger charge is 2.21. The zero-order chi connectivity index (χ0) is 14.2. The van der Waals surface area contributed by atoms with E-state index >= 15 is 0 Å². The number of fused-ring (bicyclic) bond motifs is 2. The molecule has 106 valence electrons. The van der Waals surface area contributed by atoms with Gasteiger partial charge in [-0.05, 0) is 59.7 Å². The van der Waals surface area contributed by atoms with Crippen molar-refractivity contribution >= 4 is 16.9 Å². The Morgan fingerprint density at radius 2 is 1.90 bits per heavy atom. The van der Waals surface area contributed by atoms with Crippen LogP contribution < -0.4 is 10.6 Å². The van der Waals surface area contributed by atoms with Crippen molar-refractivity contribution in [1.29, 1.82) is 0 Å². The maximum atomic E-state index is 5.86. The summed E-state index contributed by atoms with van der Waals surface area (Å²) >= 11 is 0. The molecule has 0 amide bonds. The molecular formula is C19H20N2. The molecule has 0 atom stereocenters. The highest BCUT2D eigenvalue weighted by atomic mass is 15.2. The number of para-hydroxylation sites is 1. The van der Waals surface area contributed by atoms with Gasteiger partial charge in [-0.1, -0.05) is 30.3 Å². The molecule has 0 bridgehead atoms. The van der Waals surface area contributed by atoms with Crippen LogP contribution in [0.2, 0.25) is 0 Å². The van der Waals surface area contributed by atoms with E-state index in [4.69, 9.17) is 5.73 Å². The molecule has 0 radical (unpaired) electrons. The predicted molar refractivity (Wildman–Crippen MR) is 88.9 cm³/mol. The molecule has 2 nitrogen and oxygen atoms in total. The van der Waals surface area contributed by atoms with E-state index in [1.165, 1.54) is 33.6 Å². The lowest BCUT2D eigenvalue weighted by Crippen LogP contribution is -2.15. The number of nitrogens with two attached hydrogens (primary N) is 1. The number of rotatable bonds is 2. The molecule has 4 rings (SSSR count). The van der Waals surface area contributed by atoms with Crippen LogP contribution in [-0.4, -0.2) is 13.1 Å². The molecule has 0 aromatic heterocycles. The van der Waals surface area contributed by atoms with Gasteiger partial charge >= 0.3 is 0 Å². The second kappa shape index (κ2) is 5.05. The zero-order valence-corrected chi connectivity index (χ0v) is 12.2. The minimum atomic E-state index is 0.638. The van der Waals surface area contributed by atoms with Gasteiger partial charge in [0.25, 0.3) is 0 Å². The monoisotopic (exact) mass is 276 g/mol. The highest BCUT2D eigenvalue weighted by molar-refractivity contribution is 5.76. The second-order valence-corrected chi connectivity index (χ2v) is 5.84. The summed E-state index contributed by atoms with van der Waals surface area (Å²) in [6.45, 7) is 1.72. The lowest BCUT2D eigenvalue weighted by atomic mass is 9.90. The topological polar surface area (TPSA) is 29.3 Å². The van der Waals surface area contributed by atoms with Gasteiger partial charge in [0.1, 0.15) is 0 Å². The fourth-order valence-electron chi connectivity index (χ4n) is 3.58. The fraction of sp³-hybridized carbons (Fsp3) is 0.263. The summed E-state index contributed by atoms with van der Waals surface area (Å²) in [5.74, 6) is 0. The Kier molecular flexibility index (Phi) is 3.04. The van der Waals surface area contributed by atoms with E-state index in [1.54, 1.807) is 0 Å². The molecular weight excluding hydrogens is 256 g/mol. The third-order valence-corrected chi connectivity index (χ3v) is 4.66. The van der Waals surface area contributed by atoms with Gasteiger partial charge in [-0.2, -0.15) is 0 Å². The number of nitrogens with zero attached hydrogens (tertiary/aromatic N) is 1. The van der Waals surface area contributed by atoms with Crippen molar-refractivity contribution in [1.82, 2.24) is 0 Å². The molecule has 1 heterocycles. The normalized spacial score (nSPS) is 16.4. The van der Waals surface area contributed by atoms with Gasteiger partial charge in [-0.3, -0.25) is 0 Å². The van der Waals surface area contributed by atoms with Crippen molar-refractivity contribution < 1.29 is 0 Å². The molecule has 21 heavy (non-hydrogen) atoms. The van der Waals surface area contributed by atoms with E-state index in [9.17, 15) is 0 Å². The number of aryl methyl sites for hydroxylation is 1. The van der Waals surface area contributed by atoms with E-state index in [2.05, 4.69) is 53.4 Å². The van der Waals surface area contributed by atoms with Crippen molar-refractivity contribution in [2.75, 3.05) is 18.0 Å². The van der Waals surface area contributed by atoms with E-state index in [0.29, 0.717) is 6.54 Å². The van der Waals surface area contributed by atoms with Gasteiger partial charge in [-0.15, -0.1) is 0 Å². The van der Waals surface area contributed by atoms with Crippen molar-refractivity contribution in [2.45, 2.75) is 19.3 Å². The minimum Gasteiger partial charge on any atom is -0.341 e. The Morgan fingerprint density at radius 3 is 2.81 bits per heavy atom. The Hall–Kier alpha value is -2.06. The van der Waals surface area contributed by atoms with Crippen LogP contribution in [0, 0.1) is 0 Å². The fourth-order valence-corrected chi connectivity index (χ4v) is 3.58. The predicted octanol–water partition coefficient (Wildman–Crippen LogP) is 3.67. The molecule has 0 saturated carbocycles. The lowest BCUT2D eigenvalue weighted by Gasteiger charge is -2.23. The second-order valence-electron chi connectivity index (χ2n) is 5.84. The van der Waals surface area contributed by atoms with Crippen molar-refractivity contribution in [2.24, 2.45) is 5.73 Å². The van der Waals surface area contributed by atoms with Crippen LogP contribution in [0.5, 0.6) is 0 Å². The molecule has 1 aliphatic heterocycles. The average Bonchev–Trinajstić information content (AvgIpc) is 2.97. The molecule has 2 aliphatic rings. The van der Waals surface area contributed by atoms with Gasteiger partial charge in [0.2, 0.25) is 0 Å². The van der Waals surface area contributed by atoms with Gasteiger partial charge in [0.05, 0.1) is 0 Å². The molecule has 1 aliphatic carbocycles. The first-order chi connectivity index (χ1) is 10.4. The quantitative estimate of drug-likeness (QED) is 0.907. The molecule has 0 fully saturated rings. The lowest BCUT2D eigenvalue weighted by molar-refractivity contribution is 0.955. The number of allylic oxidation sites excluding steroid dienone is 1. The Morgan fingerprint density at radius 1 is 1.00 bits per heavy atom. The summed E-state index contributed by atoms with van der Waals surface area (Å²) in [5, 5.41) is 0.